The van der Waals surface area contributed by atoms with E-state index >= 15 is 0 Å². The molecule has 2 rings (SSSR count). The highest BCUT2D eigenvalue weighted by atomic mass is 16.5. The number of hydrogen-bond acceptors (Lipinski definition) is 4. The van der Waals surface area contributed by atoms with E-state index in [2.05, 4.69) is 21.5 Å². The van der Waals surface area contributed by atoms with E-state index in [1.165, 1.54) is 0 Å². The summed E-state index contributed by atoms with van der Waals surface area (Å²) < 4.78 is 7.10. The molecule has 0 fully saturated rings. The lowest BCUT2D eigenvalue weighted by Gasteiger charge is -2.08. The number of rotatable bonds is 5. The molecule has 0 saturated heterocycles. The molecule has 5 heteroatoms. The second-order valence-electron chi connectivity index (χ2n) is 4.18. The fourth-order valence-corrected chi connectivity index (χ4v) is 1.90. The first-order chi connectivity index (χ1) is 8.70. The van der Waals surface area contributed by atoms with Gasteiger partial charge in [0.1, 0.15) is 0 Å². The van der Waals surface area contributed by atoms with Crippen LogP contribution in [0.1, 0.15) is 17.0 Å². The van der Waals surface area contributed by atoms with Gasteiger partial charge in [-0.25, -0.2) is 4.98 Å². The highest BCUT2D eigenvalue weighted by Gasteiger charge is 2.04. The number of aryl methyl sites for hydroxylation is 2. The lowest BCUT2D eigenvalue weighted by molar-refractivity contribution is 0.390. The lowest BCUT2D eigenvalue weighted by atomic mass is 10.2. The second kappa shape index (κ2) is 5.64. The van der Waals surface area contributed by atoms with Gasteiger partial charge < -0.3 is 10.1 Å². The van der Waals surface area contributed by atoms with E-state index in [0.717, 1.165) is 30.0 Å². The van der Waals surface area contributed by atoms with Gasteiger partial charge in [-0.05, 0) is 19.1 Å². The van der Waals surface area contributed by atoms with E-state index in [-0.39, 0.29) is 0 Å². The zero-order valence-corrected chi connectivity index (χ0v) is 11.0. The number of ether oxygens (including phenoxy) is 1. The van der Waals surface area contributed by atoms with Crippen LogP contribution in [-0.4, -0.2) is 21.9 Å². The number of nitrogens with zero attached hydrogens (tertiary/aromatic N) is 3. The predicted octanol–water partition coefficient (Wildman–Crippen LogP) is 1.42. The lowest BCUT2D eigenvalue weighted by Crippen LogP contribution is -2.16. The Bertz CT molecular complexity index is 521. The van der Waals surface area contributed by atoms with Crippen LogP contribution >= 0.6 is 0 Å². The Balaban J connectivity index is 1.94. The zero-order valence-electron chi connectivity index (χ0n) is 11.0. The van der Waals surface area contributed by atoms with Crippen LogP contribution < -0.4 is 10.1 Å². The van der Waals surface area contributed by atoms with Gasteiger partial charge in [-0.1, -0.05) is 6.07 Å². The standard InChI is InChI=1S/C13H18N4O/c1-10-7-12(17(2)16-10)9-14-8-11-5-4-6-15-13(11)18-3/h4-7,14H,8-9H2,1-3H3. The minimum atomic E-state index is 0.672. The normalized spacial score (nSPS) is 10.6. The summed E-state index contributed by atoms with van der Waals surface area (Å²) >= 11 is 0. The Morgan fingerprint density at radius 1 is 1.39 bits per heavy atom. The molecule has 0 aliphatic rings. The number of nitrogens with one attached hydrogen (secondary N) is 1. The Morgan fingerprint density at radius 2 is 2.22 bits per heavy atom. The Labute approximate surface area is 107 Å². The molecule has 0 spiro atoms. The van der Waals surface area contributed by atoms with Crippen molar-refractivity contribution < 1.29 is 4.74 Å². The van der Waals surface area contributed by atoms with Crippen molar-refractivity contribution in [3.63, 3.8) is 0 Å². The van der Waals surface area contributed by atoms with Crippen LogP contribution in [0.2, 0.25) is 0 Å². The van der Waals surface area contributed by atoms with Gasteiger partial charge in [0.25, 0.3) is 0 Å². The summed E-state index contributed by atoms with van der Waals surface area (Å²) in [6.45, 7) is 3.49. The largest absolute Gasteiger partial charge is 0.481 e. The topological polar surface area (TPSA) is 52.0 Å². The highest BCUT2D eigenvalue weighted by Crippen LogP contribution is 2.13. The molecule has 96 valence electrons. The summed E-state index contributed by atoms with van der Waals surface area (Å²) in [7, 11) is 3.59. The summed E-state index contributed by atoms with van der Waals surface area (Å²) in [6, 6.07) is 5.99. The van der Waals surface area contributed by atoms with Gasteiger partial charge in [0.05, 0.1) is 18.5 Å². The van der Waals surface area contributed by atoms with Crippen LogP contribution in [0.25, 0.3) is 0 Å². The van der Waals surface area contributed by atoms with Crippen LogP contribution in [-0.2, 0) is 20.1 Å². The van der Waals surface area contributed by atoms with E-state index < -0.39 is 0 Å². The molecule has 0 aromatic carbocycles. The number of pyridine rings is 1. The van der Waals surface area contributed by atoms with Crippen molar-refractivity contribution in [3.8, 4) is 5.88 Å². The maximum absolute atomic E-state index is 5.21. The van der Waals surface area contributed by atoms with Gasteiger partial charge in [0, 0.05) is 31.9 Å². The molecule has 0 atom stereocenters. The molecule has 2 aromatic heterocycles. The van der Waals surface area contributed by atoms with Gasteiger partial charge in [0.2, 0.25) is 5.88 Å². The van der Waals surface area contributed by atoms with E-state index in [4.69, 9.17) is 4.74 Å². The summed E-state index contributed by atoms with van der Waals surface area (Å²) in [6.07, 6.45) is 1.73. The first-order valence-electron chi connectivity index (χ1n) is 5.89. The van der Waals surface area contributed by atoms with Crippen LogP contribution in [0.5, 0.6) is 5.88 Å². The zero-order chi connectivity index (χ0) is 13.0. The van der Waals surface area contributed by atoms with Crippen molar-refractivity contribution in [2.24, 2.45) is 7.05 Å². The molecule has 2 aromatic rings. The Morgan fingerprint density at radius 3 is 2.89 bits per heavy atom. The summed E-state index contributed by atoms with van der Waals surface area (Å²) in [5.74, 6) is 0.672. The average Bonchev–Trinajstić information content (AvgIpc) is 2.68. The van der Waals surface area contributed by atoms with E-state index in [0.29, 0.717) is 5.88 Å². The van der Waals surface area contributed by atoms with E-state index in [1.54, 1.807) is 13.3 Å². The van der Waals surface area contributed by atoms with Gasteiger partial charge in [-0.3, -0.25) is 4.68 Å². The van der Waals surface area contributed by atoms with E-state index in [1.807, 2.05) is 30.8 Å². The average molecular weight is 246 g/mol. The maximum Gasteiger partial charge on any atom is 0.217 e. The third-order valence-electron chi connectivity index (χ3n) is 2.76. The Kier molecular flexibility index (Phi) is 3.94. The third-order valence-corrected chi connectivity index (χ3v) is 2.76. The summed E-state index contributed by atoms with van der Waals surface area (Å²) in [4.78, 5) is 4.16. The maximum atomic E-state index is 5.21. The number of aromatic nitrogens is 3. The molecule has 0 radical (unpaired) electrons. The van der Waals surface area contributed by atoms with Crippen molar-refractivity contribution in [1.29, 1.82) is 0 Å². The van der Waals surface area contributed by atoms with Crippen LogP contribution in [0.3, 0.4) is 0 Å². The molecular formula is C13H18N4O. The first-order valence-corrected chi connectivity index (χ1v) is 5.89. The molecule has 0 saturated carbocycles. The van der Waals surface area contributed by atoms with Crippen molar-refractivity contribution >= 4 is 0 Å². The molecule has 0 aliphatic heterocycles. The number of methoxy groups -OCH3 is 1. The van der Waals surface area contributed by atoms with Crippen molar-refractivity contribution in [2.75, 3.05) is 7.11 Å². The van der Waals surface area contributed by atoms with Crippen molar-refractivity contribution in [3.05, 3.63) is 41.3 Å². The monoisotopic (exact) mass is 246 g/mol. The van der Waals surface area contributed by atoms with Crippen molar-refractivity contribution in [1.82, 2.24) is 20.1 Å². The van der Waals surface area contributed by atoms with Crippen LogP contribution in [0.4, 0.5) is 0 Å². The van der Waals surface area contributed by atoms with E-state index in [9.17, 15) is 0 Å². The van der Waals surface area contributed by atoms with Gasteiger partial charge in [-0.2, -0.15) is 5.10 Å². The van der Waals surface area contributed by atoms with Gasteiger partial charge in [0.15, 0.2) is 0 Å². The van der Waals surface area contributed by atoms with Gasteiger partial charge >= 0.3 is 0 Å². The number of hydrogen-bond donors (Lipinski definition) is 1. The molecule has 1 N–H and O–H groups in total. The minimum absolute atomic E-state index is 0.672. The SMILES string of the molecule is COc1ncccc1CNCc1cc(C)nn1C. The van der Waals surface area contributed by atoms with Crippen LogP contribution in [0, 0.1) is 6.92 Å². The molecule has 0 aliphatic carbocycles. The fraction of sp³-hybridized carbons (Fsp3) is 0.385. The van der Waals surface area contributed by atoms with Gasteiger partial charge in [-0.15, -0.1) is 0 Å². The third kappa shape index (κ3) is 2.87. The highest BCUT2D eigenvalue weighted by molar-refractivity contribution is 5.25. The molecule has 0 unspecified atom stereocenters. The molecule has 0 bridgehead atoms. The second-order valence-corrected chi connectivity index (χ2v) is 4.18. The molecule has 5 nitrogen and oxygen atoms in total. The first kappa shape index (κ1) is 12.6. The summed E-state index contributed by atoms with van der Waals surface area (Å²) in [5, 5.41) is 7.68. The quantitative estimate of drug-likeness (QED) is 0.867. The smallest absolute Gasteiger partial charge is 0.217 e. The molecular weight excluding hydrogens is 228 g/mol. The molecule has 0 amide bonds. The minimum Gasteiger partial charge on any atom is -0.481 e. The molecule has 18 heavy (non-hydrogen) atoms. The Hall–Kier alpha value is -1.88. The fourth-order valence-electron chi connectivity index (χ4n) is 1.90. The van der Waals surface area contributed by atoms with Crippen LogP contribution in [0.15, 0.2) is 24.4 Å². The van der Waals surface area contributed by atoms with Crippen molar-refractivity contribution in [2.45, 2.75) is 20.0 Å². The molecule has 2 heterocycles. The summed E-state index contributed by atoms with van der Waals surface area (Å²) in [5.41, 5.74) is 3.25. The predicted molar refractivity (Wildman–Crippen MR) is 69.3 cm³/mol.